The van der Waals surface area contributed by atoms with Gasteiger partial charge in [-0.25, -0.2) is 4.79 Å². The topological polar surface area (TPSA) is 70.7 Å². The van der Waals surface area contributed by atoms with Crippen LogP contribution in [0.3, 0.4) is 0 Å². The van der Waals surface area contributed by atoms with Crippen LogP contribution >= 0.6 is 0 Å². The van der Waals surface area contributed by atoms with Crippen molar-refractivity contribution in [3.05, 3.63) is 66.7 Å². The van der Waals surface area contributed by atoms with Crippen LogP contribution in [0.2, 0.25) is 0 Å². The molecule has 1 saturated heterocycles. The van der Waals surface area contributed by atoms with Crippen LogP contribution < -0.4 is 20.3 Å². The minimum atomic E-state index is -0.318. The zero-order valence-corrected chi connectivity index (χ0v) is 15.5. The van der Waals surface area contributed by atoms with Gasteiger partial charge in [0.05, 0.1) is 18.8 Å². The highest BCUT2D eigenvalue weighted by molar-refractivity contribution is 6.02. The van der Waals surface area contributed by atoms with Gasteiger partial charge in [-0.1, -0.05) is 42.5 Å². The maximum Gasteiger partial charge on any atom is 0.319 e. The molecular weight excluding hydrogens is 354 g/mol. The van der Waals surface area contributed by atoms with Gasteiger partial charge in [-0.15, -0.1) is 0 Å². The number of hydrogen-bond donors (Lipinski definition) is 2. The predicted octanol–water partition coefficient (Wildman–Crippen LogP) is 3.78. The van der Waals surface area contributed by atoms with Crippen LogP contribution in [0.5, 0.6) is 5.75 Å². The van der Waals surface area contributed by atoms with Crippen LogP contribution in [0.25, 0.3) is 10.8 Å². The molecule has 1 aliphatic rings. The van der Waals surface area contributed by atoms with Gasteiger partial charge in [0.1, 0.15) is 5.75 Å². The largest absolute Gasteiger partial charge is 0.497 e. The number of carbonyl (C=O) groups is 2. The Labute approximate surface area is 163 Å². The van der Waals surface area contributed by atoms with Crippen molar-refractivity contribution in [2.24, 2.45) is 0 Å². The van der Waals surface area contributed by atoms with E-state index in [-0.39, 0.29) is 24.4 Å². The Kier molecular flexibility index (Phi) is 4.85. The van der Waals surface area contributed by atoms with E-state index in [0.717, 1.165) is 22.1 Å². The minimum Gasteiger partial charge on any atom is -0.497 e. The molecule has 3 amide bonds. The van der Waals surface area contributed by atoms with Gasteiger partial charge in [-0.2, -0.15) is 0 Å². The van der Waals surface area contributed by atoms with E-state index in [4.69, 9.17) is 4.74 Å². The highest BCUT2D eigenvalue weighted by Crippen LogP contribution is 2.26. The molecule has 0 aromatic heterocycles. The normalized spacial score (nSPS) is 16.2. The van der Waals surface area contributed by atoms with Crippen molar-refractivity contribution >= 4 is 34.1 Å². The highest BCUT2D eigenvalue weighted by atomic mass is 16.5. The average molecular weight is 375 g/mol. The lowest BCUT2D eigenvalue weighted by Crippen LogP contribution is -2.39. The summed E-state index contributed by atoms with van der Waals surface area (Å²) in [4.78, 5) is 26.6. The Morgan fingerprint density at radius 2 is 1.86 bits per heavy atom. The number of carbonyl (C=O) groups excluding carboxylic acids is 2. The third-order valence-electron chi connectivity index (χ3n) is 4.86. The number of ether oxygens (including phenoxy) is 1. The molecule has 0 spiro atoms. The highest BCUT2D eigenvalue weighted by Gasteiger charge is 2.31. The van der Waals surface area contributed by atoms with Crippen LogP contribution in [0.15, 0.2) is 66.7 Å². The number of rotatable bonds is 4. The number of hydrogen-bond acceptors (Lipinski definition) is 3. The second kappa shape index (κ2) is 7.60. The van der Waals surface area contributed by atoms with Crippen molar-refractivity contribution in [1.29, 1.82) is 0 Å². The molecule has 4 rings (SSSR count). The lowest BCUT2D eigenvalue weighted by molar-refractivity contribution is -0.117. The van der Waals surface area contributed by atoms with Crippen molar-refractivity contribution in [2.45, 2.75) is 12.5 Å². The fraction of sp³-hybridized carbons (Fsp3) is 0.182. The first kappa shape index (κ1) is 17.9. The van der Waals surface area contributed by atoms with Gasteiger partial charge in [0, 0.05) is 30.1 Å². The minimum absolute atomic E-state index is 0.0243. The number of nitrogens with one attached hydrogen (secondary N) is 2. The third-order valence-corrected chi connectivity index (χ3v) is 4.86. The van der Waals surface area contributed by atoms with Crippen molar-refractivity contribution < 1.29 is 14.3 Å². The Morgan fingerprint density at radius 3 is 2.71 bits per heavy atom. The molecule has 0 radical (unpaired) electrons. The van der Waals surface area contributed by atoms with Gasteiger partial charge < -0.3 is 20.3 Å². The molecule has 1 heterocycles. The van der Waals surface area contributed by atoms with Crippen LogP contribution in [-0.4, -0.2) is 31.6 Å². The van der Waals surface area contributed by atoms with E-state index in [0.29, 0.717) is 12.3 Å². The second-order valence-corrected chi connectivity index (χ2v) is 6.73. The number of methoxy groups -OCH3 is 1. The van der Waals surface area contributed by atoms with Gasteiger partial charge in [-0.3, -0.25) is 4.79 Å². The molecule has 1 atom stereocenters. The fourth-order valence-electron chi connectivity index (χ4n) is 3.51. The Hall–Kier alpha value is -3.54. The molecule has 3 aromatic carbocycles. The lowest BCUT2D eigenvalue weighted by Gasteiger charge is -2.18. The second-order valence-electron chi connectivity index (χ2n) is 6.73. The number of fused-ring (bicyclic) bond motifs is 1. The molecule has 1 fully saturated rings. The summed E-state index contributed by atoms with van der Waals surface area (Å²) in [6, 6.07) is 20.4. The molecule has 28 heavy (non-hydrogen) atoms. The van der Waals surface area contributed by atoms with Gasteiger partial charge >= 0.3 is 6.03 Å². The van der Waals surface area contributed by atoms with E-state index in [9.17, 15) is 9.59 Å². The molecule has 6 nitrogen and oxygen atoms in total. The molecule has 1 aliphatic heterocycles. The molecule has 2 N–H and O–H groups in total. The Balaban J connectivity index is 1.43. The summed E-state index contributed by atoms with van der Waals surface area (Å²) in [5.41, 5.74) is 1.51. The Bertz CT molecular complexity index is 1030. The number of urea groups is 1. The molecule has 6 heteroatoms. The van der Waals surface area contributed by atoms with Crippen molar-refractivity contribution in [3.8, 4) is 5.75 Å². The van der Waals surface area contributed by atoms with Crippen molar-refractivity contribution in [3.63, 3.8) is 0 Å². The van der Waals surface area contributed by atoms with Gasteiger partial charge in [-0.05, 0) is 23.6 Å². The van der Waals surface area contributed by atoms with Crippen LogP contribution in [-0.2, 0) is 4.79 Å². The first-order chi connectivity index (χ1) is 13.6. The van der Waals surface area contributed by atoms with E-state index >= 15 is 0 Å². The summed E-state index contributed by atoms with van der Waals surface area (Å²) in [7, 11) is 1.59. The number of nitrogens with zero attached hydrogens (tertiary/aromatic N) is 1. The van der Waals surface area contributed by atoms with Crippen molar-refractivity contribution in [2.75, 3.05) is 23.9 Å². The third kappa shape index (κ3) is 3.62. The molecule has 0 saturated carbocycles. The summed E-state index contributed by atoms with van der Waals surface area (Å²) in [6.07, 6.45) is 0.264. The van der Waals surface area contributed by atoms with E-state index in [2.05, 4.69) is 10.6 Å². The van der Waals surface area contributed by atoms with Crippen LogP contribution in [0.4, 0.5) is 16.2 Å². The number of benzene rings is 3. The summed E-state index contributed by atoms with van der Waals surface area (Å²) in [6.45, 7) is 0.426. The van der Waals surface area contributed by atoms with E-state index in [1.54, 1.807) is 12.0 Å². The predicted molar refractivity (Wildman–Crippen MR) is 110 cm³/mol. The fourth-order valence-corrected chi connectivity index (χ4v) is 3.51. The standard InChI is InChI=1S/C22H21N3O3/c1-28-18-9-5-8-17(13-18)25-14-16(12-21(25)26)23-22(27)24-20-11-4-7-15-6-2-3-10-19(15)20/h2-11,13,16H,12,14H2,1H3,(H2,23,24,27)/t16-/m1/s1. The van der Waals surface area contributed by atoms with E-state index in [1.165, 1.54) is 0 Å². The van der Waals surface area contributed by atoms with Gasteiger partial charge in [0.15, 0.2) is 0 Å². The maximum atomic E-state index is 12.5. The molecule has 142 valence electrons. The zero-order chi connectivity index (χ0) is 19.5. The molecule has 0 unspecified atom stereocenters. The summed E-state index contributed by atoms with van der Waals surface area (Å²) >= 11 is 0. The van der Waals surface area contributed by atoms with Crippen molar-refractivity contribution in [1.82, 2.24) is 5.32 Å². The monoisotopic (exact) mass is 375 g/mol. The molecule has 3 aromatic rings. The van der Waals surface area contributed by atoms with Gasteiger partial charge in [0.25, 0.3) is 0 Å². The maximum absolute atomic E-state index is 12.5. The summed E-state index contributed by atoms with van der Waals surface area (Å²) in [5, 5.41) is 7.84. The number of anilines is 2. The Morgan fingerprint density at radius 1 is 1.07 bits per heavy atom. The lowest BCUT2D eigenvalue weighted by atomic mass is 10.1. The first-order valence-corrected chi connectivity index (χ1v) is 9.14. The zero-order valence-electron chi connectivity index (χ0n) is 15.5. The molecular formula is C22H21N3O3. The van der Waals surface area contributed by atoms with Crippen LogP contribution in [0.1, 0.15) is 6.42 Å². The summed E-state index contributed by atoms with van der Waals surface area (Å²) in [5.74, 6) is 0.666. The first-order valence-electron chi connectivity index (χ1n) is 9.14. The SMILES string of the molecule is COc1cccc(N2C[C@H](NC(=O)Nc3cccc4ccccc34)CC2=O)c1. The number of amides is 3. The van der Waals surface area contributed by atoms with E-state index < -0.39 is 0 Å². The quantitative estimate of drug-likeness (QED) is 0.729. The molecule has 0 aliphatic carbocycles. The average Bonchev–Trinajstić information content (AvgIpc) is 3.08. The smallest absolute Gasteiger partial charge is 0.319 e. The van der Waals surface area contributed by atoms with E-state index in [1.807, 2.05) is 66.7 Å². The van der Waals surface area contributed by atoms with Gasteiger partial charge in [0.2, 0.25) is 5.91 Å². The summed E-state index contributed by atoms with van der Waals surface area (Å²) < 4.78 is 5.22. The molecule has 0 bridgehead atoms. The van der Waals surface area contributed by atoms with Crippen LogP contribution in [0, 0.1) is 0 Å².